The fourth-order valence-electron chi connectivity index (χ4n) is 7.35. The number of nitrogens with zero attached hydrogens (tertiary/aromatic N) is 2. The van der Waals surface area contributed by atoms with Crippen molar-refractivity contribution in [2.75, 3.05) is 31.8 Å². The molecule has 47 heavy (non-hydrogen) atoms. The van der Waals surface area contributed by atoms with Crippen LogP contribution in [0.4, 0.5) is 5.69 Å². The van der Waals surface area contributed by atoms with Crippen molar-refractivity contribution in [3.05, 3.63) is 84.5 Å². The van der Waals surface area contributed by atoms with Gasteiger partial charge in [-0.15, -0.1) is 0 Å². The molecule has 11 heteroatoms. The molecule has 0 aliphatic carbocycles. The summed E-state index contributed by atoms with van der Waals surface area (Å²) in [6.07, 6.45) is 6.67. The lowest BCUT2D eigenvalue weighted by Crippen LogP contribution is -2.59. The highest BCUT2D eigenvalue weighted by Crippen LogP contribution is 2.54. The van der Waals surface area contributed by atoms with Crippen LogP contribution in [0, 0.1) is 17.8 Å². The highest BCUT2D eigenvalue weighted by atomic mass is 16.5. The van der Waals surface area contributed by atoms with E-state index >= 15 is 0 Å². The second-order valence-corrected chi connectivity index (χ2v) is 12.8. The van der Waals surface area contributed by atoms with Gasteiger partial charge in [0, 0.05) is 18.7 Å². The number of rotatable bonds is 6. The van der Waals surface area contributed by atoms with Crippen LogP contribution < -0.4 is 15.0 Å². The van der Waals surface area contributed by atoms with Gasteiger partial charge in [0.2, 0.25) is 11.8 Å². The van der Waals surface area contributed by atoms with Gasteiger partial charge in [0.1, 0.15) is 24.0 Å². The molecular formula is C36H41N3O8. The van der Waals surface area contributed by atoms with Crippen LogP contribution in [0.1, 0.15) is 38.3 Å². The Hall–Kier alpha value is -4.48. The number of nitrogens with one attached hydrogen (secondary N) is 1. The van der Waals surface area contributed by atoms with Crippen LogP contribution in [-0.4, -0.2) is 84.4 Å². The van der Waals surface area contributed by atoms with Gasteiger partial charge in [0.25, 0.3) is 5.91 Å². The first-order valence-corrected chi connectivity index (χ1v) is 16.1. The summed E-state index contributed by atoms with van der Waals surface area (Å²) in [6.45, 7) is 3.52. The molecule has 0 saturated carbocycles. The Bertz CT molecular complexity index is 1560. The Kier molecular flexibility index (Phi) is 9.20. The molecule has 7 atom stereocenters. The summed E-state index contributed by atoms with van der Waals surface area (Å²) < 4.78 is 17.6. The SMILES string of the molecule is COc1ccc(N2CC=C[C@]34O[C@@H]5/C=C\CCC(=O)OC[C@@H](c6ccccc6)NC(=O)[C@@H]5[C@H]3C(=O)N([C@@H](CO)C(C)C)[C@@H]4C2=O)cc1. The fourth-order valence-corrected chi connectivity index (χ4v) is 7.35. The predicted molar refractivity (Wildman–Crippen MR) is 172 cm³/mol. The number of cyclic esters (lactones) is 1. The molecule has 248 valence electrons. The van der Waals surface area contributed by atoms with E-state index in [2.05, 4.69) is 5.32 Å². The number of hydrogen-bond donors (Lipinski definition) is 2. The first-order chi connectivity index (χ1) is 22.7. The van der Waals surface area contributed by atoms with Gasteiger partial charge in [-0.2, -0.15) is 0 Å². The number of esters is 1. The van der Waals surface area contributed by atoms with Crippen LogP contribution >= 0.6 is 0 Å². The maximum absolute atomic E-state index is 14.7. The number of fused-ring (bicyclic) bond motifs is 2. The number of anilines is 1. The molecule has 2 aromatic rings. The summed E-state index contributed by atoms with van der Waals surface area (Å²) in [4.78, 5) is 59.4. The molecule has 4 heterocycles. The minimum atomic E-state index is -1.50. The lowest BCUT2D eigenvalue weighted by molar-refractivity contribution is -0.147. The third-order valence-electron chi connectivity index (χ3n) is 9.70. The zero-order valence-electron chi connectivity index (χ0n) is 26.8. The second kappa shape index (κ2) is 13.3. The molecule has 2 saturated heterocycles. The Morgan fingerprint density at radius 3 is 2.45 bits per heavy atom. The van der Waals surface area contributed by atoms with Crippen molar-refractivity contribution in [1.82, 2.24) is 10.2 Å². The first kappa shape index (κ1) is 32.5. The topological polar surface area (TPSA) is 135 Å². The highest BCUT2D eigenvalue weighted by Gasteiger charge is 2.72. The quantitative estimate of drug-likeness (QED) is 0.363. The number of carbonyl (C=O) groups is 4. The lowest BCUT2D eigenvalue weighted by atomic mass is 9.77. The van der Waals surface area contributed by atoms with Crippen LogP contribution in [0.15, 0.2) is 78.9 Å². The van der Waals surface area contributed by atoms with E-state index in [9.17, 15) is 24.3 Å². The van der Waals surface area contributed by atoms with E-state index in [4.69, 9.17) is 14.2 Å². The number of hydrogen-bond acceptors (Lipinski definition) is 8. The molecule has 4 aliphatic heterocycles. The van der Waals surface area contributed by atoms with Crippen LogP contribution in [-0.2, 0) is 28.7 Å². The number of amides is 3. The van der Waals surface area contributed by atoms with Gasteiger partial charge in [-0.3, -0.25) is 19.2 Å². The standard InChI is InChI=1S/C36H41N3O8/c1-22(2)27(20-40)39-32-35(44)38(24-14-16-25(45-3)17-15-24)19-9-18-36(32)31(34(39)43)30-28(47-36)12-7-8-13-29(41)46-21-26(37-33(30)42)23-10-5-4-6-11-23/h4-7,9-12,14-18,22,26-28,30-32,40H,8,13,19-21H2,1-3H3,(H,37,42)/b12-7-/t26-,27-,28+,30-,31-,32+,36-/m0/s1. The van der Waals surface area contributed by atoms with E-state index in [0.717, 1.165) is 5.56 Å². The van der Waals surface area contributed by atoms with Crippen LogP contribution in [0.5, 0.6) is 5.75 Å². The smallest absolute Gasteiger partial charge is 0.306 e. The Balaban J connectivity index is 1.45. The number of aliphatic hydroxyl groups excluding tert-OH is 1. The normalized spacial score (nSPS) is 30.7. The van der Waals surface area contributed by atoms with Crippen LogP contribution in [0.3, 0.4) is 0 Å². The number of allylic oxidation sites excluding steroid dienone is 1. The van der Waals surface area contributed by atoms with Crippen molar-refractivity contribution >= 4 is 29.4 Å². The lowest BCUT2D eigenvalue weighted by Gasteiger charge is -2.39. The van der Waals surface area contributed by atoms with Gasteiger partial charge in [-0.25, -0.2) is 0 Å². The van der Waals surface area contributed by atoms with Crippen LogP contribution in [0.2, 0.25) is 0 Å². The average Bonchev–Trinajstić information content (AvgIpc) is 3.46. The van der Waals surface area contributed by atoms with E-state index in [-0.39, 0.29) is 38.0 Å². The minimum Gasteiger partial charge on any atom is -0.497 e. The van der Waals surface area contributed by atoms with Crippen LogP contribution in [0.25, 0.3) is 0 Å². The number of ether oxygens (including phenoxy) is 3. The number of carbonyl (C=O) groups excluding carboxylic acids is 4. The third kappa shape index (κ3) is 5.82. The van der Waals surface area contributed by atoms with Crippen molar-refractivity contribution in [3.63, 3.8) is 0 Å². The van der Waals surface area contributed by atoms with Crippen molar-refractivity contribution in [2.45, 2.75) is 56.5 Å². The average molecular weight is 644 g/mol. The van der Waals surface area contributed by atoms with Crippen molar-refractivity contribution < 1.29 is 38.5 Å². The molecule has 0 unspecified atom stereocenters. The number of methoxy groups -OCH3 is 1. The molecule has 0 radical (unpaired) electrons. The maximum atomic E-state index is 14.7. The molecule has 11 nitrogen and oxygen atoms in total. The summed E-state index contributed by atoms with van der Waals surface area (Å²) in [5, 5.41) is 13.6. The van der Waals surface area contributed by atoms with E-state index in [1.165, 1.54) is 4.90 Å². The predicted octanol–water partition coefficient (Wildman–Crippen LogP) is 2.95. The minimum absolute atomic E-state index is 0.0792. The van der Waals surface area contributed by atoms with Gasteiger partial charge >= 0.3 is 5.97 Å². The summed E-state index contributed by atoms with van der Waals surface area (Å²) >= 11 is 0. The van der Waals surface area contributed by atoms with Crippen molar-refractivity contribution in [1.29, 1.82) is 0 Å². The first-order valence-electron chi connectivity index (χ1n) is 16.1. The molecule has 0 bridgehead atoms. The molecule has 2 N–H and O–H groups in total. The molecule has 6 rings (SSSR count). The Morgan fingerprint density at radius 2 is 1.77 bits per heavy atom. The summed E-state index contributed by atoms with van der Waals surface area (Å²) in [6, 6.07) is 13.7. The summed E-state index contributed by atoms with van der Waals surface area (Å²) in [5.41, 5.74) is -0.150. The molecule has 2 aromatic carbocycles. The molecule has 1 spiro atoms. The third-order valence-corrected chi connectivity index (χ3v) is 9.70. The molecule has 2 fully saturated rings. The zero-order valence-corrected chi connectivity index (χ0v) is 26.8. The monoisotopic (exact) mass is 643 g/mol. The van der Waals surface area contributed by atoms with Gasteiger partial charge in [-0.1, -0.05) is 68.5 Å². The number of benzene rings is 2. The fraction of sp³-hybridized carbons (Fsp3) is 0.444. The summed E-state index contributed by atoms with van der Waals surface area (Å²) in [7, 11) is 1.56. The van der Waals surface area contributed by atoms with Gasteiger partial charge in [0.05, 0.1) is 43.7 Å². The number of likely N-dealkylation sites (tertiary alicyclic amines) is 1. The molecular weight excluding hydrogens is 602 g/mol. The molecule has 0 aromatic heterocycles. The molecule has 4 aliphatic rings. The van der Waals surface area contributed by atoms with Crippen molar-refractivity contribution in [2.24, 2.45) is 17.8 Å². The van der Waals surface area contributed by atoms with Gasteiger partial charge in [0.15, 0.2) is 0 Å². The Labute approximate surface area is 274 Å². The maximum Gasteiger partial charge on any atom is 0.306 e. The highest BCUT2D eigenvalue weighted by molar-refractivity contribution is 6.06. The van der Waals surface area contributed by atoms with Gasteiger partial charge in [-0.05, 0) is 42.2 Å². The molecule has 3 amide bonds. The van der Waals surface area contributed by atoms with E-state index in [1.54, 1.807) is 54.5 Å². The largest absolute Gasteiger partial charge is 0.497 e. The van der Waals surface area contributed by atoms with E-state index < -0.39 is 59.5 Å². The van der Waals surface area contributed by atoms with Crippen molar-refractivity contribution in [3.8, 4) is 5.75 Å². The zero-order chi connectivity index (χ0) is 33.3. The Morgan fingerprint density at radius 1 is 1.02 bits per heavy atom. The van der Waals surface area contributed by atoms with Gasteiger partial charge < -0.3 is 34.4 Å². The number of aliphatic hydroxyl groups is 1. The summed E-state index contributed by atoms with van der Waals surface area (Å²) in [5.74, 6) is -3.29. The second-order valence-electron chi connectivity index (χ2n) is 12.8. The van der Waals surface area contributed by atoms with E-state index in [0.29, 0.717) is 17.9 Å². The van der Waals surface area contributed by atoms with E-state index in [1.807, 2.05) is 50.3 Å².